The summed E-state index contributed by atoms with van der Waals surface area (Å²) in [5.74, 6) is -0.162. The largest absolute Gasteiger partial charge is 0.434 e. The standard InChI is InChI=1S/C20H17BrF2N4O2/c21-14-8-9-16(29-20(22)23)13(10-14)11-24-19(28)17-18(12-6-7-12)27(26-25-17)15-4-2-1-3-5-15/h1-5,8-10,12,20H,6-7,11H2,(H,24,28). The molecule has 0 radical (unpaired) electrons. The third-order valence-corrected chi connectivity index (χ3v) is 5.06. The average molecular weight is 463 g/mol. The van der Waals surface area contributed by atoms with Crippen LogP contribution in [0, 0.1) is 0 Å². The Balaban J connectivity index is 1.56. The SMILES string of the molecule is O=C(NCc1cc(Br)ccc1OC(F)F)c1nnn(-c2ccccc2)c1C1CC1. The highest BCUT2D eigenvalue weighted by molar-refractivity contribution is 9.10. The summed E-state index contributed by atoms with van der Waals surface area (Å²) in [5.41, 5.74) is 2.28. The number of aromatic nitrogens is 3. The second-order valence-electron chi connectivity index (χ2n) is 6.66. The van der Waals surface area contributed by atoms with Crippen molar-refractivity contribution >= 4 is 21.8 Å². The predicted molar refractivity (Wildman–Crippen MR) is 105 cm³/mol. The molecule has 1 aliphatic rings. The third kappa shape index (κ3) is 4.45. The summed E-state index contributed by atoms with van der Waals surface area (Å²) in [5, 5.41) is 11.0. The molecule has 9 heteroatoms. The van der Waals surface area contributed by atoms with E-state index in [1.165, 1.54) is 6.07 Å². The maximum atomic E-state index is 12.8. The Morgan fingerprint density at radius 1 is 1.24 bits per heavy atom. The Labute approximate surface area is 174 Å². The molecule has 0 atom stereocenters. The van der Waals surface area contributed by atoms with Gasteiger partial charge in [-0.25, -0.2) is 4.68 Å². The lowest BCUT2D eigenvalue weighted by atomic mass is 10.1. The van der Waals surface area contributed by atoms with Gasteiger partial charge in [-0.15, -0.1) is 5.10 Å². The number of nitrogens with zero attached hydrogens (tertiary/aromatic N) is 3. The molecule has 4 rings (SSSR count). The van der Waals surface area contributed by atoms with Crippen LogP contribution in [0.25, 0.3) is 5.69 Å². The number of nitrogens with one attached hydrogen (secondary N) is 1. The van der Waals surface area contributed by atoms with Gasteiger partial charge in [0.25, 0.3) is 5.91 Å². The molecule has 0 aliphatic heterocycles. The molecule has 3 aromatic rings. The van der Waals surface area contributed by atoms with Crippen molar-refractivity contribution in [2.75, 3.05) is 0 Å². The maximum Gasteiger partial charge on any atom is 0.387 e. The van der Waals surface area contributed by atoms with Crippen LogP contribution in [0.5, 0.6) is 5.75 Å². The first-order valence-corrected chi connectivity index (χ1v) is 9.84. The zero-order valence-corrected chi connectivity index (χ0v) is 16.8. The number of alkyl halides is 2. The van der Waals surface area contributed by atoms with Crippen LogP contribution in [0.3, 0.4) is 0 Å². The Hall–Kier alpha value is -2.81. The van der Waals surface area contributed by atoms with Crippen molar-refractivity contribution < 1.29 is 18.3 Å². The highest BCUT2D eigenvalue weighted by atomic mass is 79.9. The summed E-state index contributed by atoms with van der Waals surface area (Å²) in [6.07, 6.45) is 1.94. The lowest BCUT2D eigenvalue weighted by Gasteiger charge is -2.12. The van der Waals surface area contributed by atoms with E-state index in [9.17, 15) is 13.6 Å². The van der Waals surface area contributed by atoms with Crippen LogP contribution in [0.1, 0.15) is 40.5 Å². The average Bonchev–Trinajstić information content (AvgIpc) is 3.46. The van der Waals surface area contributed by atoms with Gasteiger partial charge in [0.1, 0.15) is 5.75 Å². The van der Waals surface area contributed by atoms with Gasteiger partial charge >= 0.3 is 6.61 Å². The van der Waals surface area contributed by atoms with E-state index in [1.807, 2.05) is 30.3 Å². The molecule has 1 N–H and O–H groups in total. The Bertz CT molecular complexity index is 1020. The van der Waals surface area contributed by atoms with Crippen molar-refractivity contribution in [2.24, 2.45) is 0 Å². The van der Waals surface area contributed by atoms with Gasteiger partial charge in [-0.3, -0.25) is 4.79 Å². The van der Waals surface area contributed by atoms with Crippen LogP contribution in [0.4, 0.5) is 8.78 Å². The quantitative estimate of drug-likeness (QED) is 0.563. The van der Waals surface area contributed by atoms with Gasteiger partial charge in [0.05, 0.1) is 11.4 Å². The number of hydrogen-bond acceptors (Lipinski definition) is 4. The van der Waals surface area contributed by atoms with E-state index in [1.54, 1.807) is 16.8 Å². The number of carbonyl (C=O) groups excluding carboxylic acids is 1. The molecule has 1 fully saturated rings. The lowest BCUT2D eigenvalue weighted by Crippen LogP contribution is -2.25. The molecule has 6 nitrogen and oxygen atoms in total. The number of halogens is 3. The normalized spacial score (nSPS) is 13.5. The van der Waals surface area contributed by atoms with Crippen LogP contribution in [-0.2, 0) is 6.54 Å². The second kappa shape index (κ2) is 8.28. The molecule has 29 heavy (non-hydrogen) atoms. The highest BCUT2D eigenvalue weighted by Crippen LogP contribution is 2.42. The molecule has 0 spiro atoms. The predicted octanol–water partition coefficient (Wildman–Crippen LogP) is 4.44. The van der Waals surface area contributed by atoms with E-state index in [0.717, 1.165) is 24.2 Å². The van der Waals surface area contributed by atoms with Gasteiger partial charge in [0, 0.05) is 22.5 Å². The molecule has 1 heterocycles. The van der Waals surface area contributed by atoms with Crippen molar-refractivity contribution in [3.63, 3.8) is 0 Å². The van der Waals surface area contributed by atoms with Gasteiger partial charge in [-0.05, 0) is 43.2 Å². The fraction of sp³-hybridized carbons (Fsp3) is 0.250. The number of rotatable bonds is 7. The summed E-state index contributed by atoms with van der Waals surface area (Å²) in [6.45, 7) is -2.93. The van der Waals surface area contributed by atoms with Crippen molar-refractivity contribution in [2.45, 2.75) is 31.9 Å². The van der Waals surface area contributed by atoms with E-state index in [2.05, 4.69) is 36.3 Å². The summed E-state index contributed by atoms with van der Waals surface area (Å²) < 4.78 is 32.2. The molecule has 2 aromatic carbocycles. The molecule has 150 valence electrons. The van der Waals surface area contributed by atoms with E-state index < -0.39 is 12.5 Å². The van der Waals surface area contributed by atoms with E-state index in [-0.39, 0.29) is 23.9 Å². The first-order valence-electron chi connectivity index (χ1n) is 9.05. The van der Waals surface area contributed by atoms with E-state index in [0.29, 0.717) is 10.0 Å². The summed E-state index contributed by atoms with van der Waals surface area (Å²) in [4.78, 5) is 12.8. The molecule has 0 saturated heterocycles. The molecule has 1 aliphatic carbocycles. The molecule has 1 amide bonds. The number of ether oxygens (including phenoxy) is 1. The molecular formula is C20H17BrF2N4O2. The Kier molecular flexibility index (Phi) is 5.57. The van der Waals surface area contributed by atoms with Crippen LogP contribution < -0.4 is 10.1 Å². The maximum absolute atomic E-state index is 12.8. The van der Waals surface area contributed by atoms with Crippen molar-refractivity contribution in [3.05, 3.63) is 70.0 Å². The Morgan fingerprint density at radius 3 is 2.69 bits per heavy atom. The zero-order valence-electron chi connectivity index (χ0n) is 15.2. The zero-order chi connectivity index (χ0) is 20.4. The first kappa shape index (κ1) is 19.5. The monoisotopic (exact) mass is 462 g/mol. The smallest absolute Gasteiger partial charge is 0.387 e. The first-order chi connectivity index (χ1) is 14.0. The third-order valence-electron chi connectivity index (χ3n) is 4.56. The van der Waals surface area contributed by atoms with Crippen LogP contribution in [0.2, 0.25) is 0 Å². The van der Waals surface area contributed by atoms with Gasteiger partial charge in [0.2, 0.25) is 0 Å². The van der Waals surface area contributed by atoms with Gasteiger partial charge in [0.15, 0.2) is 5.69 Å². The minimum Gasteiger partial charge on any atom is -0.434 e. The second-order valence-corrected chi connectivity index (χ2v) is 7.57. The molecule has 0 unspecified atom stereocenters. The fourth-order valence-corrected chi connectivity index (χ4v) is 3.50. The van der Waals surface area contributed by atoms with E-state index in [4.69, 9.17) is 0 Å². The number of para-hydroxylation sites is 1. The number of carbonyl (C=O) groups is 1. The highest BCUT2D eigenvalue weighted by Gasteiger charge is 2.34. The van der Waals surface area contributed by atoms with Crippen LogP contribution >= 0.6 is 15.9 Å². The fourth-order valence-electron chi connectivity index (χ4n) is 3.09. The van der Waals surface area contributed by atoms with Gasteiger partial charge in [-0.1, -0.05) is 39.3 Å². The summed E-state index contributed by atoms with van der Waals surface area (Å²) in [6, 6.07) is 14.1. The van der Waals surface area contributed by atoms with E-state index >= 15 is 0 Å². The molecule has 0 bridgehead atoms. The van der Waals surface area contributed by atoms with Crippen LogP contribution in [-0.4, -0.2) is 27.5 Å². The number of benzene rings is 2. The molecular weight excluding hydrogens is 446 g/mol. The van der Waals surface area contributed by atoms with Crippen molar-refractivity contribution in [1.82, 2.24) is 20.3 Å². The minimum atomic E-state index is -2.95. The topological polar surface area (TPSA) is 69.0 Å². The Morgan fingerprint density at radius 2 is 2.00 bits per heavy atom. The molecule has 1 saturated carbocycles. The van der Waals surface area contributed by atoms with Crippen molar-refractivity contribution in [1.29, 1.82) is 0 Å². The number of hydrogen-bond donors (Lipinski definition) is 1. The lowest BCUT2D eigenvalue weighted by molar-refractivity contribution is -0.0504. The number of amides is 1. The van der Waals surface area contributed by atoms with Gasteiger partial charge in [-0.2, -0.15) is 8.78 Å². The summed E-state index contributed by atoms with van der Waals surface area (Å²) >= 11 is 3.30. The van der Waals surface area contributed by atoms with Crippen LogP contribution in [0.15, 0.2) is 53.0 Å². The van der Waals surface area contributed by atoms with Crippen molar-refractivity contribution in [3.8, 4) is 11.4 Å². The minimum absolute atomic E-state index is 0.0128. The molecule has 1 aromatic heterocycles. The summed E-state index contributed by atoms with van der Waals surface area (Å²) in [7, 11) is 0. The van der Waals surface area contributed by atoms with Gasteiger partial charge < -0.3 is 10.1 Å².